The number of carbonyl (C=O) groups is 1. The summed E-state index contributed by atoms with van der Waals surface area (Å²) in [6.45, 7) is 9.66. The third-order valence-electron chi connectivity index (χ3n) is 5.22. The third kappa shape index (κ3) is 5.05. The molecule has 3 heteroatoms. The maximum Gasteiger partial charge on any atom is 0.333 e. The molecule has 0 saturated carbocycles. The number of aliphatic hydroxyl groups is 1. The van der Waals surface area contributed by atoms with E-state index in [1.807, 2.05) is 12.1 Å². The minimum atomic E-state index is -0.408. The van der Waals surface area contributed by atoms with Crippen LogP contribution in [0.15, 0.2) is 72.8 Å². The molecule has 3 rings (SSSR count). The fourth-order valence-electron chi connectivity index (χ4n) is 3.47. The summed E-state index contributed by atoms with van der Waals surface area (Å²) in [5.41, 5.74) is 9.24. The summed E-state index contributed by atoms with van der Waals surface area (Å²) in [6, 6.07) is 21.1. The predicted molar refractivity (Wildman–Crippen MR) is 122 cm³/mol. The lowest BCUT2D eigenvalue weighted by Gasteiger charge is -2.14. The summed E-state index contributed by atoms with van der Waals surface area (Å²) in [7, 11) is 0. The molecule has 0 spiro atoms. The van der Waals surface area contributed by atoms with Crippen LogP contribution in [-0.2, 0) is 22.6 Å². The summed E-state index contributed by atoms with van der Waals surface area (Å²) in [4.78, 5) is 11.8. The van der Waals surface area contributed by atoms with Crippen molar-refractivity contribution in [1.29, 1.82) is 0 Å². The zero-order valence-electron chi connectivity index (χ0n) is 17.9. The molecule has 0 saturated heterocycles. The molecule has 0 fully saturated rings. The molecule has 0 atom stereocenters. The van der Waals surface area contributed by atoms with Crippen molar-refractivity contribution < 1.29 is 14.6 Å². The molecule has 3 aromatic rings. The van der Waals surface area contributed by atoms with Crippen LogP contribution in [0.3, 0.4) is 0 Å². The van der Waals surface area contributed by atoms with Gasteiger partial charge in [-0.3, -0.25) is 0 Å². The van der Waals surface area contributed by atoms with Crippen molar-refractivity contribution in [2.24, 2.45) is 0 Å². The Balaban J connectivity index is 1.92. The van der Waals surface area contributed by atoms with Crippen molar-refractivity contribution in [2.45, 2.75) is 33.8 Å². The van der Waals surface area contributed by atoms with Gasteiger partial charge in [0.05, 0.1) is 0 Å². The minimum absolute atomic E-state index is 0.0467. The number of carbonyl (C=O) groups excluding carboxylic acids is 1. The van der Waals surface area contributed by atoms with Crippen molar-refractivity contribution in [3.05, 3.63) is 95.1 Å². The average Bonchev–Trinajstić information content (AvgIpc) is 2.73. The maximum atomic E-state index is 11.8. The number of hydrogen-bond donors (Lipinski definition) is 1. The van der Waals surface area contributed by atoms with Gasteiger partial charge in [-0.1, -0.05) is 66.7 Å². The lowest BCUT2D eigenvalue weighted by molar-refractivity contribution is -0.140. The molecule has 0 aliphatic carbocycles. The number of benzene rings is 3. The van der Waals surface area contributed by atoms with Crippen LogP contribution in [0.1, 0.15) is 29.2 Å². The van der Waals surface area contributed by atoms with Gasteiger partial charge in [0.1, 0.15) is 6.61 Å². The Morgan fingerprint density at radius 1 is 0.900 bits per heavy atom. The maximum absolute atomic E-state index is 11.8. The highest BCUT2D eigenvalue weighted by Gasteiger charge is 2.11. The van der Waals surface area contributed by atoms with E-state index in [0.29, 0.717) is 12.0 Å². The van der Waals surface area contributed by atoms with Gasteiger partial charge in [-0.25, -0.2) is 4.79 Å². The second kappa shape index (κ2) is 9.55. The van der Waals surface area contributed by atoms with Gasteiger partial charge >= 0.3 is 5.97 Å². The number of hydrogen-bond acceptors (Lipinski definition) is 3. The topological polar surface area (TPSA) is 46.5 Å². The van der Waals surface area contributed by atoms with Gasteiger partial charge < -0.3 is 9.84 Å². The van der Waals surface area contributed by atoms with E-state index in [2.05, 4.69) is 69.0 Å². The molecule has 30 heavy (non-hydrogen) atoms. The van der Waals surface area contributed by atoms with Gasteiger partial charge in [0.25, 0.3) is 0 Å². The summed E-state index contributed by atoms with van der Waals surface area (Å²) in [6.07, 6.45) is 0.519. The Morgan fingerprint density at radius 3 is 2.20 bits per heavy atom. The van der Waals surface area contributed by atoms with Crippen LogP contribution in [0.5, 0.6) is 0 Å². The summed E-state index contributed by atoms with van der Waals surface area (Å²) >= 11 is 0. The van der Waals surface area contributed by atoms with E-state index in [1.54, 1.807) is 6.92 Å². The average molecular weight is 401 g/mol. The second-order valence-electron chi connectivity index (χ2n) is 7.71. The highest BCUT2D eigenvalue weighted by Crippen LogP contribution is 2.30. The summed E-state index contributed by atoms with van der Waals surface area (Å²) < 4.78 is 5.36. The Morgan fingerprint density at radius 2 is 1.57 bits per heavy atom. The van der Waals surface area contributed by atoms with Gasteiger partial charge in [0.2, 0.25) is 0 Å². The lowest BCUT2D eigenvalue weighted by Crippen LogP contribution is -2.07. The first-order chi connectivity index (χ1) is 14.4. The molecule has 0 radical (unpaired) electrons. The lowest BCUT2D eigenvalue weighted by atomic mass is 9.93. The first-order valence-electron chi connectivity index (χ1n) is 10.1. The van der Waals surface area contributed by atoms with Crippen LogP contribution < -0.4 is 0 Å². The Bertz CT molecular complexity index is 1060. The predicted octanol–water partition coefficient (Wildman–Crippen LogP) is 5.79. The van der Waals surface area contributed by atoms with Crippen molar-refractivity contribution in [1.82, 2.24) is 0 Å². The Hall–Kier alpha value is -3.17. The van der Waals surface area contributed by atoms with E-state index in [9.17, 15) is 9.90 Å². The van der Waals surface area contributed by atoms with E-state index in [-0.39, 0.29) is 13.2 Å². The van der Waals surface area contributed by atoms with Gasteiger partial charge in [0, 0.05) is 12.2 Å². The zero-order valence-corrected chi connectivity index (χ0v) is 17.9. The van der Waals surface area contributed by atoms with Crippen LogP contribution in [0.25, 0.3) is 22.3 Å². The number of rotatable bonds is 7. The number of aryl methyl sites for hydroxylation is 2. The molecule has 0 bridgehead atoms. The SMILES string of the molecule is C=C(C)C(=O)OCc1cc(-c2ccc(-c3ccc(C)cc3)cc2C)ccc1CCO. The second-order valence-corrected chi connectivity index (χ2v) is 7.71. The molecular formula is C27H28O3. The van der Waals surface area contributed by atoms with Crippen LogP contribution in [0.2, 0.25) is 0 Å². The van der Waals surface area contributed by atoms with E-state index < -0.39 is 5.97 Å². The van der Waals surface area contributed by atoms with Gasteiger partial charge in [-0.05, 0) is 72.2 Å². The van der Waals surface area contributed by atoms with E-state index in [1.165, 1.54) is 22.3 Å². The molecule has 0 aliphatic heterocycles. The first kappa shape index (κ1) is 21.5. The van der Waals surface area contributed by atoms with E-state index >= 15 is 0 Å². The zero-order chi connectivity index (χ0) is 21.7. The standard InChI is InChI=1S/C27H28O3/c1-18(2)27(29)30-17-25-16-24(10-9-22(25)13-14-28)26-12-11-23(15-20(26)4)21-7-5-19(3)6-8-21/h5-12,15-16,28H,1,13-14,17H2,2-4H3. The quantitative estimate of drug-likeness (QED) is 0.403. The van der Waals surface area contributed by atoms with Crippen LogP contribution >= 0.6 is 0 Å². The monoisotopic (exact) mass is 400 g/mol. The summed E-state index contributed by atoms with van der Waals surface area (Å²) in [5.74, 6) is -0.408. The fourth-order valence-corrected chi connectivity index (χ4v) is 3.47. The Kier molecular flexibility index (Phi) is 6.86. The molecule has 3 aromatic carbocycles. The van der Waals surface area contributed by atoms with Gasteiger partial charge in [-0.15, -0.1) is 0 Å². The van der Waals surface area contributed by atoms with Crippen molar-refractivity contribution in [3.63, 3.8) is 0 Å². The summed E-state index contributed by atoms with van der Waals surface area (Å²) in [5, 5.41) is 9.37. The van der Waals surface area contributed by atoms with Crippen LogP contribution in [-0.4, -0.2) is 17.7 Å². The van der Waals surface area contributed by atoms with Gasteiger partial charge in [0.15, 0.2) is 0 Å². The minimum Gasteiger partial charge on any atom is -0.457 e. The molecule has 154 valence electrons. The highest BCUT2D eigenvalue weighted by molar-refractivity contribution is 5.87. The smallest absolute Gasteiger partial charge is 0.333 e. The third-order valence-corrected chi connectivity index (χ3v) is 5.22. The number of aliphatic hydroxyl groups excluding tert-OH is 1. The molecule has 3 nitrogen and oxygen atoms in total. The molecule has 0 aromatic heterocycles. The number of esters is 1. The Labute approximate surface area is 178 Å². The highest BCUT2D eigenvalue weighted by atomic mass is 16.5. The fraction of sp³-hybridized carbons (Fsp3) is 0.222. The van der Waals surface area contributed by atoms with E-state index in [4.69, 9.17) is 4.74 Å². The molecule has 1 N–H and O–H groups in total. The molecule has 0 heterocycles. The first-order valence-corrected chi connectivity index (χ1v) is 10.1. The van der Waals surface area contributed by atoms with Crippen LogP contribution in [0.4, 0.5) is 0 Å². The molecular weight excluding hydrogens is 372 g/mol. The van der Waals surface area contributed by atoms with Crippen molar-refractivity contribution in [3.8, 4) is 22.3 Å². The molecule has 0 aliphatic rings. The number of ether oxygens (including phenoxy) is 1. The van der Waals surface area contributed by atoms with Gasteiger partial charge in [-0.2, -0.15) is 0 Å². The van der Waals surface area contributed by atoms with Crippen LogP contribution in [0, 0.1) is 13.8 Å². The van der Waals surface area contributed by atoms with E-state index in [0.717, 1.165) is 22.3 Å². The largest absolute Gasteiger partial charge is 0.457 e. The molecule has 0 unspecified atom stereocenters. The van der Waals surface area contributed by atoms with Crippen molar-refractivity contribution in [2.75, 3.05) is 6.61 Å². The normalized spacial score (nSPS) is 10.7. The molecule has 0 amide bonds. The van der Waals surface area contributed by atoms with Crippen molar-refractivity contribution >= 4 is 5.97 Å².